The zero-order valence-corrected chi connectivity index (χ0v) is 14.9. The van der Waals surface area contributed by atoms with Crippen LogP contribution in [0.2, 0.25) is 0 Å². The van der Waals surface area contributed by atoms with E-state index < -0.39 is 0 Å². The largest absolute Gasteiger partial charge is 0.392 e. The van der Waals surface area contributed by atoms with Crippen LogP contribution in [0.4, 0.5) is 5.82 Å². The molecule has 5 rings (SSSR count). The predicted octanol–water partition coefficient (Wildman–Crippen LogP) is 3.70. The Morgan fingerprint density at radius 3 is 2.88 bits per heavy atom. The molecule has 4 nitrogen and oxygen atoms in total. The maximum atomic E-state index is 10.6. The predicted molar refractivity (Wildman–Crippen MR) is 97.8 cm³/mol. The topological polar surface area (TPSA) is 49.2 Å². The van der Waals surface area contributed by atoms with Gasteiger partial charge in [0.15, 0.2) is 0 Å². The zero-order valence-electron chi connectivity index (χ0n) is 14.1. The Labute approximate surface area is 146 Å². The Balaban J connectivity index is 1.58. The van der Waals surface area contributed by atoms with Gasteiger partial charge in [-0.25, -0.2) is 9.97 Å². The van der Waals surface area contributed by atoms with E-state index >= 15 is 0 Å². The maximum Gasteiger partial charge on any atom is 0.141 e. The average Bonchev–Trinajstić information content (AvgIpc) is 3.16. The van der Waals surface area contributed by atoms with Crippen molar-refractivity contribution in [2.75, 3.05) is 18.0 Å². The lowest BCUT2D eigenvalue weighted by Gasteiger charge is -2.43. The van der Waals surface area contributed by atoms with Crippen molar-refractivity contribution in [2.24, 2.45) is 5.41 Å². The maximum absolute atomic E-state index is 10.6. The molecule has 2 atom stereocenters. The van der Waals surface area contributed by atoms with Crippen molar-refractivity contribution < 1.29 is 5.11 Å². The van der Waals surface area contributed by atoms with Gasteiger partial charge in [0.25, 0.3) is 0 Å². The number of fused-ring (bicyclic) bond motifs is 3. The lowest BCUT2D eigenvalue weighted by Crippen LogP contribution is -2.47. The van der Waals surface area contributed by atoms with Crippen molar-refractivity contribution in [3.63, 3.8) is 0 Å². The Bertz CT molecular complexity index is 773. The van der Waals surface area contributed by atoms with Gasteiger partial charge in [0.2, 0.25) is 0 Å². The van der Waals surface area contributed by atoms with Crippen molar-refractivity contribution in [3.8, 4) is 0 Å². The molecule has 2 aromatic heterocycles. The van der Waals surface area contributed by atoms with Gasteiger partial charge in [-0.05, 0) is 56.9 Å². The van der Waals surface area contributed by atoms with Gasteiger partial charge in [0.05, 0.1) is 11.5 Å². The molecule has 0 bridgehead atoms. The summed E-state index contributed by atoms with van der Waals surface area (Å²) >= 11 is 1.88. The van der Waals surface area contributed by atoms with Crippen molar-refractivity contribution in [1.82, 2.24) is 9.97 Å². The molecule has 1 saturated carbocycles. The lowest BCUT2D eigenvalue weighted by atomic mass is 9.76. The molecule has 0 unspecified atom stereocenters. The van der Waals surface area contributed by atoms with E-state index in [-0.39, 0.29) is 11.5 Å². The number of nitrogens with zero attached hydrogens (tertiary/aromatic N) is 3. The Hall–Kier alpha value is -1.20. The summed E-state index contributed by atoms with van der Waals surface area (Å²) in [5.74, 6) is 1.14. The molecule has 1 aliphatic heterocycles. The van der Waals surface area contributed by atoms with Crippen LogP contribution in [0.1, 0.15) is 55.4 Å². The van der Waals surface area contributed by atoms with E-state index in [0.29, 0.717) is 0 Å². The van der Waals surface area contributed by atoms with Crippen molar-refractivity contribution in [3.05, 3.63) is 16.8 Å². The van der Waals surface area contributed by atoms with E-state index in [1.165, 1.54) is 65.6 Å². The molecule has 5 heteroatoms. The van der Waals surface area contributed by atoms with Crippen LogP contribution in [0, 0.1) is 5.41 Å². The van der Waals surface area contributed by atoms with Gasteiger partial charge in [0.1, 0.15) is 17.0 Å². The highest BCUT2D eigenvalue weighted by atomic mass is 32.1. The molecule has 1 N–H and O–H groups in total. The molecule has 3 aliphatic rings. The number of hydrogen-bond acceptors (Lipinski definition) is 5. The van der Waals surface area contributed by atoms with E-state index in [1.54, 1.807) is 6.33 Å². The lowest BCUT2D eigenvalue weighted by molar-refractivity contribution is 0.0408. The van der Waals surface area contributed by atoms with Gasteiger partial charge in [-0.2, -0.15) is 0 Å². The minimum absolute atomic E-state index is 0.103. The van der Waals surface area contributed by atoms with E-state index in [9.17, 15) is 5.11 Å². The van der Waals surface area contributed by atoms with Crippen LogP contribution in [0.3, 0.4) is 0 Å². The Morgan fingerprint density at radius 2 is 2.00 bits per heavy atom. The number of thiophene rings is 1. The van der Waals surface area contributed by atoms with Crippen molar-refractivity contribution >= 4 is 27.4 Å². The number of aliphatic hydroxyl groups is 1. The fourth-order valence-electron chi connectivity index (χ4n) is 5.25. The smallest absolute Gasteiger partial charge is 0.141 e. The van der Waals surface area contributed by atoms with E-state index in [0.717, 1.165) is 31.7 Å². The third kappa shape index (κ3) is 2.21. The van der Waals surface area contributed by atoms with Gasteiger partial charge in [-0.3, -0.25) is 0 Å². The highest BCUT2D eigenvalue weighted by molar-refractivity contribution is 7.19. The second-order valence-corrected chi connectivity index (χ2v) is 8.97. The van der Waals surface area contributed by atoms with Crippen LogP contribution in [-0.4, -0.2) is 34.3 Å². The standard InChI is InChI=1S/C19H25N3OS/c23-15-7-3-8-19(15)9-4-10-22(11-19)17-16-13-5-1-2-6-14(13)24-18(16)21-12-20-17/h12,15,23H,1-11H2/t15-,19-/m1/s1. The molecule has 2 aliphatic carbocycles. The molecule has 0 radical (unpaired) electrons. The molecule has 24 heavy (non-hydrogen) atoms. The van der Waals surface area contributed by atoms with Crippen LogP contribution in [-0.2, 0) is 12.8 Å². The molecule has 1 saturated heterocycles. The van der Waals surface area contributed by atoms with Crippen LogP contribution in [0.15, 0.2) is 6.33 Å². The molecule has 2 aromatic rings. The number of piperidine rings is 1. The van der Waals surface area contributed by atoms with Gasteiger partial charge in [-0.15, -0.1) is 11.3 Å². The summed E-state index contributed by atoms with van der Waals surface area (Å²) in [5, 5.41) is 11.9. The number of aromatic nitrogens is 2. The van der Waals surface area contributed by atoms with Gasteiger partial charge < -0.3 is 10.0 Å². The SMILES string of the molecule is O[C@@H]1CCC[C@]12CCCN(c1ncnc3sc4c(c13)CCCC4)C2. The normalized spacial score (nSPS) is 30.2. The first kappa shape index (κ1) is 15.1. The third-order valence-electron chi connectivity index (χ3n) is 6.50. The van der Waals surface area contributed by atoms with Gasteiger partial charge >= 0.3 is 0 Å². The first-order valence-electron chi connectivity index (χ1n) is 9.45. The summed E-state index contributed by atoms with van der Waals surface area (Å²) in [7, 11) is 0. The Kier molecular flexibility index (Phi) is 3.56. The number of aliphatic hydroxyl groups excluding tert-OH is 1. The van der Waals surface area contributed by atoms with Crippen LogP contribution >= 0.6 is 11.3 Å². The summed E-state index contributed by atoms with van der Waals surface area (Å²) in [6.07, 6.45) is 12.2. The quantitative estimate of drug-likeness (QED) is 0.858. The molecule has 128 valence electrons. The molecular weight excluding hydrogens is 318 g/mol. The van der Waals surface area contributed by atoms with Crippen LogP contribution in [0.5, 0.6) is 0 Å². The highest BCUT2D eigenvalue weighted by Crippen LogP contribution is 2.47. The first-order chi connectivity index (χ1) is 11.8. The number of aryl methyl sites for hydroxylation is 2. The fraction of sp³-hybridized carbons (Fsp3) is 0.684. The Morgan fingerprint density at radius 1 is 1.12 bits per heavy atom. The monoisotopic (exact) mass is 343 g/mol. The second kappa shape index (κ2) is 5.67. The fourth-order valence-corrected chi connectivity index (χ4v) is 6.47. The summed E-state index contributed by atoms with van der Waals surface area (Å²) < 4.78 is 0. The second-order valence-electron chi connectivity index (χ2n) is 7.88. The van der Waals surface area contributed by atoms with Crippen LogP contribution < -0.4 is 4.90 Å². The van der Waals surface area contributed by atoms with E-state index in [2.05, 4.69) is 9.88 Å². The van der Waals surface area contributed by atoms with Crippen LogP contribution in [0.25, 0.3) is 10.2 Å². The third-order valence-corrected chi connectivity index (χ3v) is 7.70. The molecule has 1 spiro atoms. The summed E-state index contributed by atoms with van der Waals surface area (Å²) in [6, 6.07) is 0. The zero-order chi connectivity index (χ0) is 16.1. The van der Waals surface area contributed by atoms with Gasteiger partial charge in [0, 0.05) is 23.4 Å². The highest BCUT2D eigenvalue weighted by Gasteiger charge is 2.45. The molecule has 3 heterocycles. The first-order valence-corrected chi connectivity index (χ1v) is 10.3. The number of anilines is 1. The minimum atomic E-state index is -0.131. The molecular formula is C19H25N3OS. The minimum Gasteiger partial charge on any atom is -0.392 e. The number of rotatable bonds is 1. The summed E-state index contributed by atoms with van der Waals surface area (Å²) in [6.45, 7) is 2.02. The average molecular weight is 343 g/mol. The van der Waals surface area contributed by atoms with Crippen molar-refractivity contribution in [1.29, 1.82) is 0 Å². The molecule has 2 fully saturated rings. The molecule has 0 amide bonds. The number of hydrogen-bond donors (Lipinski definition) is 1. The van der Waals surface area contributed by atoms with Gasteiger partial charge in [-0.1, -0.05) is 6.42 Å². The summed E-state index contributed by atoms with van der Waals surface area (Å²) in [5.41, 5.74) is 1.62. The summed E-state index contributed by atoms with van der Waals surface area (Å²) in [4.78, 5) is 14.5. The van der Waals surface area contributed by atoms with Crippen molar-refractivity contribution in [2.45, 2.75) is 63.9 Å². The molecule has 0 aromatic carbocycles. The van der Waals surface area contributed by atoms with E-state index in [4.69, 9.17) is 4.98 Å². The van der Waals surface area contributed by atoms with E-state index in [1.807, 2.05) is 11.3 Å².